The highest BCUT2D eigenvalue weighted by Crippen LogP contribution is 2.37. The van der Waals surface area contributed by atoms with Gasteiger partial charge in [0, 0.05) is 22.9 Å². The Morgan fingerprint density at radius 3 is 2.34 bits per heavy atom. The van der Waals surface area contributed by atoms with Crippen LogP contribution in [0.15, 0.2) is 48.5 Å². The number of halogens is 1. The molecule has 0 aliphatic heterocycles. The largest absolute Gasteiger partial charge is 0.468 e. The first-order valence-corrected chi connectivity index (χ1v) is 10.1. The number of aromatic nitrogens is 1. The number of nitrogens with zero attached hydrogens (tertiary/aromatic N) is 2. The zero-order valence-electron chi connectivity index (χ0n) is 17.8. The fourth-order valence-electron chi connectivity index (χ4n) is 3.37. The Balaban J connectivity index is 2.43. The number of esters is 1. The summed E-state index contributed by atoms with van der Waals surface area (Å²) >= 11 is 6.17. The number of benzene rings is 2. The van der Waals surface area contributed by atoms with Crippen LogP contribution in [0.3, 0.4) is 0 Å². The quantitative estimate of drug-likeness (QED) is 0.410. The highest BCUT2D eigenvalue weighted by atomic mass is 35.5. The number of methoxy groups -OCH3 is 1. The van der Waals surface area contributed by atoms with Crippen molar-refractivity contribution in [2.24, 2.45) is 0 Å². The van der Waals surface area contributed by atoms with E-state index in [0.29, 0.717) is 10.4 Å². The molecule has 2 aromatic carbocycles. The molecule has 1 aromatic heterocycles. The van der Waals surface area contributed by atoms with Crippen LogP contribution in [0.4, 0.5) is 10.5 Å². The first kappa shape index (κ1) is 23.0. The summed E-state index contributed by atoms with van der Waals surface area (Å²) in [5, 5.41) is 0.689. The number of hydrogen-bond acceptors (Lipinski definition) is 6. The predicted molar refractivity (Wildman–Crippen MR) is 119 cm³/mol. The number of ether oxygens (including phenoxy) is 2. The Morgan fingerprint density at radius 2 is 1.75 bits per heavy atom. The molecule has 0 bridgehead atoms. The zero-order chi connectivity index (χ0) is 23.4. The minimum absolute atomic E-state index is 0.0615. The first-order chi connectivity index (χ1) is 15.3. The standard InChI is InChI=1S/C23H21ClN2O6/c1-4-32-23(30)26-18-12-16(24)10-11-17(18)20(25(14(2)27)13-19(28)31-3)21(26)22(29)15-8-6-5-7-9-15/h5-12H,4,13H2,1-3H3. The maximum Gasteiger partial charge on any atom is 0.419 e. The van der Waals surface area contributed by atoms with Gasteiger partial charge in [0.25, 0.3) is 0 Å². The lowest BCUT2D eigenvalue weighted by Gasteiger charge is -2.21. The molecule has 0 unspecified atom stereocenters. The Labute approximate surface area is 189 Å². The Bertz CT molecular complexity index is 1200. The molecule has 3 aromatic rings. The van der Waals surface area contributed by atoms with Crippen LogP contribution in [0.5, 0.6) is 0 Å². The molecule has 0 N–H and O–H groups in total. The van der Waals surface area contributed by atoms with Crippen molar-refractivity contribution in [2.45, 2.75) is 13.8 Å². The molecule has 8 nitrogen and oxygen atoms in total. The van der Waals surface area contributed by atoms with E-state index < -0.39 is 30.3 Å². The number of amides is 1. The van der Waals surface area contributed by atoms with E-state index in [1.54, 1.807) is 49.4 Å². The number of fused-ring (bicyclic) bond motifs is 1. The van der Waals surface area contributed by atoms with Crippen LogP contribution < -0.4 is 4.90 Å². The molecule has 0 aliphatic carbocycles. The smallest absolute Gasteiger partial charge is 0.419 e. The lowest BCUT2D eigenvalue weighted by molar-refractivity contribution is -0.139. The van der Waals surface area contributed by atoms with Gasteiger partial charge in [0.2, 0.25) is 11.7 Å². The minimum atomic E-state index is -0.813. The van der Waals surface area contributed by atoms with E-state index in [1.165, 1.54) is 20.1 Å². The van der Waals surface area contributed by atoms with Crippen molar-refractivity contribution in [1.29, 1.82) is 0 Å². The van der Waals surface area contributed by atoms with Crippen molar-refractivity contribution < 1.29 is 28.7 Å². The van der Waals surface area contributed by atoms with Gasteiger partial charge in [-0.3, -0.25) is 19.3 Å². The van der Waals surface area contributed by atoms with Crippen LogP contribution in [0.1, 0.15) is 29.9 Å². The van der Waals surface area contributed by atoms with Crippen LogP contribution in [-0.4, -0.2) is 48.6 Å². The molecule has 0 saturated carbocycles. The second-order valence-corrected chi connectivity index (χ2v) is 7.21. The summed E-state index contributed by atoms with van der Waals surface area (Å²) in [6.07, 6.45) is -0.813. The van der Waals surface area contributed by atoms with Crippen molar-refractivity contribution in [3.05, 3.63) is 64.8 Å². The lowest BCUT2D eigenvalue weighted by atomic mass is 10.1. The summed E-state index contributed by atoms with van der Waals surface area (Å²) in [7, 11) is 1.19. The molecule has 0 radical (unpaired) electrons. The van der Waals surface area contributed by atoms with Crippen molar-refractivity contribution in [3.63, 3.8) is 0 Å². The zero-order valence-corrected chi connectivity index (χ0v) is 18.5. The first-order valence-electron chi connectivity index (χ1n) is 9.75. The van der Waals surface area contributed by atoms with Gasteiger partial charge in [-0.25, -0.2) is 9.36 Å². The van der Waals surface area contributed by atoms with Gasteiger partial charge < -0.3 is 9.47 Å². The summed E-state index contributed by atoms with van der Waals surface area (Å²) in [6.45, 7) is 2.50. The van der Waals surface area contributed by atoms with Gasteiger partial charge in [-0.15, -0.1) is 0 Å². The second-order valence-electron chi connectivity index (χ2n) is 6.77. The van der Waals surface area contributed by atoms with Gasteiger partial charge in [-0.05, 0) is 25.1 Å². The molecule has 1 heterocycles. The number of carbonyl (C=O) groups is 4. The third-order valence-corrected chi connectivity index (χ3v) is 5.01. The fourth-order valence-corrected chi connectivity index (χ4v) is 3.54. The SMILES string of the molecule is CCOC(=O)n1c(C(=O)c2ccccc2)c(N(CC(=O)OC)C(C)=O)c2ccc(Cl)cc21. The topological polar surface area (TPSA) is 94.9 Å². The molecule has 32 heavy (non-hydrogen) atoms. The molecule has 1 amide bonds. The maximum absolute atomic E-state index is 13.6. The summed E-state index contributed by atoms with van der Waals surface area (Å²) < 4.78 is 11.0. The lowest BCUT2D eigenvalue weighted by Crippen LogP contribution is -2.36. The monoisotopic (exact) mass is 456 g/mol. The Hall–Kier alpha value is -3.65. The second kappa shape index (κ2) is 9.65. The molecular formula is C23H21ClN2O6. The highest BCUT2D eigenvalue weighted by molar-refractivity contribution is 6.32. The molecular weight excluding hydrogens is 436 g/mol. The van der Waals surface area contributed by atoms with E-state index in [-0.39, 0.29) is 29.1 Å². The molecule has 0 fully saturated rings. The van der Waals surface area contributed by atoms with Gasteiger partial charge in [0.1, 0.15) is 12.2 Å². The van der Waals surface area contributed by atoms with Crippen LogP contribution in [-0.2, 0) is 19.1 Å². The van der Waals surface area contributed by atoms with Crippen molar-refractivity contribution >= 4 is 51.9 Å². The molecule has 9 heteroatoms. The van der Waals surface area contributed by atoms with Crippen molar-refractivity contribution in [2.75, 3.05) is 25.2 Å². The summed E-state index contributed by atoms with van der Waals surface area (Å²) in [4.78, 5) is 52.3. The Kier molecular flexibility index (Phi) is 6.95. The van der Waals surface area contributed by atoms with E-state index >= 15 is 0 Å². The van der Waals surface area contributed by atoms with Gasteiger partial charge in [0.15, 0.2) is 0 Å². The number of carbonyl (C=O) groups excluding carboxylic acids is 4. The number of rotatable bonds is 6. The third kappa shape index (κ3) is 4.36. The normalized spacial score (nSPS) is 10.6. The van der Waals surface area contributed by atoms with Crippen LogP contribution in [0, 0.1) is 0 Å². The predicted octanol–water partition coefficient (Wildman–Crippen LogP) is 4.06. The highest BCUT2D eigenvalue weighted by Gasteiger charge is 2.33. The molecule has 3 rings (SSSR count). The van der Waals surface area contributed by atoms with Gasteiger partial charge in [-0.2, -0.15) is 0 Å². The molecule has 166 valence electrons. The van der Waals surface area contributed by atoms with Gasteiger partial charge in [-0.1, -0.05) is 41.9 Å². The fraction of sp³-hybridized carbons (Fsp3) is 0.217. The van der Waals surface area contributed by atoms with Crippen LogP contribution >= 0.6 is 11.6 Å². The number of hydrogen-bond donors (Lipinski definition) is 0. The molecule has 0 saturated heterocycles. The Morgan fingerprint density at radius 1 is 1.06 bits per heavy atom. The molecule has 0 spiro atoms. The van der Waals surface area contributed by atoms with E-state index in [9.17, 15) is 19.2 Å². The number of ketones is 1. The summed E-state index contributed by atoms with van der Waals surface area (Å²) in [5.41, 5.74) is 0.526. The van der Waals surface area contributed by atoms with Gasteiger partial charge >= 0.3 is 12.1 Å². The summed E-state index contributed by atoms with van der Waals surface area (Å²) in [6, 6.07) is 12.9. The van der Waals surface area contributed by atoms with Crippen molar-refractivity contribution in [3.8, 4) is 0 Å². The van der Waals surface area contributed by atoms with E-state index in [4.69, 9.17) is 21.1 Å². The third-order valence-electron chi connectivity index (χ3n) is 4.77. The molecule has 0 aliphatic rings. The van der Waals surface area contributed by atoms with Gasteiger partial charge in [0.05, 0.1) is 24.9 Å². The van der Waals surface area contributed by atoms with Crippen molar-refractivity contribution in [1.82, 2.24) is 4.57 Å². The van der Waals surface area contributed by atoms with Crippen LogP contribution in [0.2, 0.25) is 5.02 Å². The van der Waals surface area contributed by atoms with E-state index in [1.807, 2.05) is 0 Å². The van der Waals surface area contributed by atoms with E-state index in [0.717, 1.165) is 9.47 Å². The summed E-state index contributed by atoms with van der Waals surface area (Å²) in [5.74, 6) is -1.74. The molecule has 0 atom stereocenters. The van der Waals surface area contributed by atoms with E-state index in [2.05, 4.69) is 0 Å². The average Bonchev–Trinajstić information content (AvgIpc) is 3.11. The minimum Gasteiger partial charge on any atom is -0.468 e. The maximum atomic E-state index is 13.6. The number of anilines is 1. The van der Waals surface area contributed by atoms with Crippen LogP contribution in [0.25, 0.3) is 10.9 Å². The average molecular weight is 457 g/mol.